The van der Waals surface area contributed by atoms with Crippen molar-refractivity contribution in [2.24, 2.45) is 0 Å². The van der Waals surface area contributed by atoms with Gasteiger partial charge in [-0.25, -0.2) is 13.6 Å². The fourth-order valence-corrected chi connectivity index (χ4v) is 2.09. The zero-order chi connectivity index (χ0) is 22.0. The lowest BCUT2D eigenvalue weighted by atomic mass is 10.2. The van der Waals surface area contributed by atoms with E-state index in [1.165, 1.54) is 32.4 Å². The fraction of sp³-hybridized carbons (Fsp3) is 0.333. The fourth-order valence-electron chi connectivity index (χ4n) is 2.09. The van der Waals surface area contributed by atoms with Crippen LogP contribution in [0.5, 0.6) is 11.5 Å². The molecule has 1 N–H and O–H groups in total. The van der Waals surface area contributed by atoms with Crippen LogP contribution < -0.4 is 14.8 Å². The van der Waals surface area contributed by atoms with Gasteiger partial charge in [-0.3, -0.25) is 0 Å². The number of carbonyl (C=O) groups is 1. The highest BCUT2D eigenvalue weighted by molar-refractivity contribution is 5.67. The molecule has 0 heterocycles. The van der Waals surface area contributed by atoms with Crippen molar-refractivity contribution in [1.82, 2.24) is 5.32 Å². The van der Waals surface area contributed by atoms with Gasteiger partial charge in [0.25, 0.3) is 0 Å². The standard InChI is InChI=1S/C13H18FNO3.C8H6FNO/c1-13(2,3)18-12(16)15-8-9-6-5-7-10(17-4)11(9)14;1-11-7-4-2-3-6(5-10)8(7)9/h5-7H,8H2,1-4H3,(H,15,16);2-4H,1H3. The highest BCUT2D eigenvalue weighted by Gasteiger charge is 2.16. The molecule has 0 spiro atoms. The number of halogens is 2. The minimum absolute atomic E-state index is 0.00403. The number of hydrogen-bond donors (Lipinski definition) is 1. The molecule has 0 aliphatic heterocycles. The van der Waals surface area contributed by atoms with Crippen LogP contribution in [0.2, 0.25) is 0 Å². The summed E-state index contributed by atoms with van der Waals surface area (Å²) in [6.45, 7) is 5.34. The maximum Gasteiger partial charge on any atom is 0.407 e. The first-order chi connectivity index (χ1) is 13.6. The second-order valence-electron chi connectivity index (χ2n) is 6.72. The zero-order valence-electron chi connectivity index (χ0n) is 17.0. The number of alkyl carbamates (subject to hydrolysis) is 1. The van der Waals surface area contributed by atoms with E-state index in [9.17, 15) is 13.6 Å². The van der Waals surface area contributed by atoms with Gasteiger partial charge in [-0.2, -0.15) is 5.26 Å². The normalized spacial score (nSPS) is 10.1. The summed E-state index contributed by atoms with van der Waals surface area (Å²) < 4.78 is 41.2. The van der Waals surface area contributed by atoms with E-state index in [1.807, 2.05) is 0 Å². The van der Waals surface area contributed by atoms with Crippen molar-refractivity contribution in [2.75, 3.05) is 14.2 Å². The summed E-state index contributed by atoms with van der Waals surface area (Å²) in [4.78, 5) is 11.4. The number of nitriles is 1. The molecule has 0 saturated carbocycles. The summed E-state index contributed by atoms with van der Waals surface area (Å²) in [5.41, 5.74) is -0.221. The lowest BCUT2D eigenvalue weighted by molar-refractivity contribution is 0.0523. The molecule has 6 nitrogen and oxygen atoms in total. The van der Waals surface area contributed by atoms with Crippen molar-refractivity contribution in [3.05, 3.63) is 59.2 Å². The minimum atomic E-state index is -0.600. The molecule has 29 heavy (non-hydrogen) atoms. The van der Waals surface area contributed by atoms with Crippen LogP contribution in [0, 0.1) is 23.0 Å². The molecule has 1 amide bonds. The van der Waals surface area contributed by atoms with Gasteiger partial charge >= 0.3 is 6.09 Å². The Labute approximate surface area is 169 Å². The molecular formula is C21H24F2N2O4. The third-order valence-electron chi connectivity index (χ3n) is 3.39. The number of hydrogen-bond acceptors (Lipinski definition) is 5. The lowest BCUT2D eigenvalue weighted by Gasteiger charge is -2.19. The van der Waals surface area contributed by atoms with E-state index in [2.05, 4.69) is 10.1 Å². The summed E-state index contributed by atoms with van der Waals surface area (Å²) in [5, 5.41) is 10.9. The van der Waals surface area contributed by atoms with Crippen molar-refractivity contribution in [3.63, 3.8) is 0 Å². The highest BCUT2D eigenvalue weighted by Crippen LogP contribution is 2.20. The number of rotatable bonds is 4. The van der Waals surface area contributed by atoms with Crippen LogP contribution in [0.3, 0.4) is 0 Å². The van der Waals surface area contributed by atoms with Gasteiger partial charge in [-0.1, -0.05) is 18.2 Å². The Balaban J connectivity index is 0.000000326. The molecule has 0 aromatic heterocycles. The van der Waals surface area contributed by atoms with E-state index >= 15 is 0 Å². The van der Waals surface area contributed by atoms with Crippen molar-refractivity contribution in [2.45, 2.75) is 32.9 Å². The molecule has 0 fully saturated rings. The molecule has 8 heteroatoms. The molecule has 2 aromatic carbocycles. The van der Waals surface area contributed by atoms with Crippen molar-refractivity contribution in [3.8, 4) is 17.6 Å². The Morgan fingerprint density at radius 2 is 1.59 bits per heavy atom. The Morgan fingerprint density at radius 3 is 2.10 bits per heavy atom. The van der Waals surface area contributed by atoms with E-state index in [-0.39, 0.29) is 23.6 Å². The van der Waals surface area contributed by atoms with E-state index in [1.54, 1.807) is 45.0 Å². The van der Waals surface area contributed by atoms with Gasteiger partial charge in [-0.05, 0) is 39.0 Å². The van der Waals surface area contributed by atoms with Crippen LogP contribution in [0.1, 0.15) is 31.9 Å². The number of methoxy groups -OCH3 is 2. The van der Waals surface area contributed by atoms with E-state index in [0.29, 0.717) is 5.56 Å². The maximum absolute atomic E-state index is 13.7. The summed E-state index contributed by atoms with van der Waals surface area (Å²) in [6.07, 6.45) is -0.579. The summed E-state index contributed by atoms with van der Waals surface area (Å²) in [7, 11) is 2.75. The first kappa shape index (κ1) is 23.7. The molecule has 0 saturated heterocycles. The van der Waals surface area contributed by atoms with Crippen molar-refractivity contribution < 1.29 is 27.8 Å². The van der Waals surface area contributed by atoms with Crippen LogP contribution >= 0.6 is 0 Å². The van der Waals surface area contributed by atoms with Crippen molar-refractivity contribution in [1.29, 1.82) is 5.26 Å². The second-order valence-corrected chi connectivity index (χ2v) is 6.72. The Kier molecular flexibility index (Phi) is 8.87. The van der Waals surface area contributed by atoms with E-state index < -0.39 is 23.3 Å². The Bertz CT molecular complexity index is 874. The van der Waals surface area contributed by atoms with Gasteiger partial charge in [0.2, 0.25) is 0 Å². The third kappa shape index (κ3) is 7.66. The van der Waals surface area contributed by atoms with Crippen LogP contribution in [0.15, 0.2) is 36.4 Å². The number of ether oxygens (including phenoxy) is 3. The molecule has 156 valence electrons. The molecule has 2 aromatic rings. The van der Waals surface area contributed by atoms with Crippen LogP contribution in [0.4, 0.5) is 13.6 Å². The van der Waals surface area contributed by atoms with Crippen LogP contribution in [-0.2, 0) is 11.3 Å². The molecule has 0 bridgehead atoms. The van der Waals surface area contributed by atoms with E-state index in [4.69, 9.17) is 14.7 Å². The second kappa shape index (κ2) is 10.9. The van der Waals surface area contributed by atoms with Gasteiger partial charge in [0.05, 0.1) is 19.8 Å². The molecule has 0 atom stereocenters. The quantitative estimate of drug-likeness (QED) is 0.805. The first-order valence-electron chi connectivity index (χ1n) is 8.63. The third-order valence-corrected chi connectivity index (χ3v) is 3.39. The molecular weight excluding hydrogens is 382 g/mol. The molecule has 0 aliphatic carbocycles. The largest absolute Gasteiger partial charge is 0.494 e. The van der Waals surface area contributed by atoms with Crippen LogP contribution in [-0.4, -0.2) is 25.9 Å². The Morgan fingerprint density at radius 1 is 1.03 bits per heavy atom. The lowest BCUT2D eigenvalue weighted by Crippen LogP contribution is -2.32. The van der Waals surface area contributed by atoms with Gasteiger partial charge in [-0.15, -0.1) is 0 Å². The van der Waals surface area contributed by atoms with Gasteiger partial charge in [0, 0.05) is 12.1 Å². The zero-order valence-corrected chi connectivity index (χ0v) is 17.0. The van der Waals surface area contributed by atoms with E-state index in [0.717, 1.165) is 0 Å². The average Bonchev–Trinajstić information content (AvgIpc) is 2.66. The number of amides is 1. The number of nitrogens with one attached hydrogen (secondary N) is 1. The molecule has 2 rings (SSSR count). The summed E-state index contributed by atoms with van der Waals surface area (Å²) >= 11 is 0. The predicted molar refractivity (Wildman–Crippen MR) is 104 cm³/mol. The summed E-state index contributed by atoms with van der Waals surface area (Å²) in [6, 6.07) is 10.9. The summed E-state index contributed by atoms with van der Waals surface area (Å²) in [5.74, 6) is -0.823. The SMILES string of the molecule is COc1cccc(C#N)c1F.COc1cccc(CNC(=O)OC(C)(C)C)c1F. The highest BCUT2D eigenvalue weighted by atomic mass is 19.1. The number of carbonyl (C=O) groups excluding carboxylic acids is 1. The predicted octanol–water partition coefficient (Wildman–Crippen LogP) is 4.56. The van der Waals surface area contributed by atoms with Gasteiger partial charge < -0.3 is 19.5 Å². The van der Waals surface area contributed by atoms with Gasteiger partial charge in [0.1, 0.15) is 11.7 Å². The first-order valence-corrected chi connectivity index (χ1v) is 8.63. The monoisotopic (exact) mass is 406 g/mol. The Hall–Kier alpha value is -3.34. The van der Waals surface area contributed by atoms with Crippen molar-refractivity contribution >= 4 is 6.09 Å². The molecule has 0 aliphatic rings. The molecule has 0 radical (unpaired) electrons. The minimum Gasteiger partial charge on any atom is -0.494 e. The topological polar surface area (TPSA) is 80.6 Å². The van der Waals surface area contributed by atoms with Gasteiger partial charge in [0.15, 0.2) is 23.1 Å². The maximum atomic E-state index is 13.7. The number of nitrogens with zero attached hydrogens (tertiary/aromatic N) is 1. The average molecular weight is 406 g/mol. The smallest absolute Gasteiger partial charge is 0.407 e. The molecule has 0 unspecified atom stereocenters. The van der Waals surface area contributed by atoms with Crippen LogP contribution in [0.25, 0.3) is 0 Å². The number of benzene rings is 2.